The van der Waals surface area contributed by atoms with Crippen molar-refractivity contribution in [3.05, 3.63) is 23.3 Å². The van der Waals surface area contributed by atoms with E-state index in [4.69, 9.17) is 13.9 Å². The Morgan fingerprint density at radius 3 is 2.60 bits per heavy atom. The first-order valence-electron chi connectivity index (χ1n) is 15.7. The van der Waals surface area contributed by atoms with Crippen LogP contribution in [0.1, 0.15) is 92.4 Å². The van der Waals surface area contributed by atoms with Gasteiger partial charge in [0.1, 0.15) is 12.6 Å². The first kappa shape index (κ1) is 32.9. The molecule has 2 saturated carbocycles. The molecule has 5 atom stereocenters. The second-order valence-electron chi connectivity index (χ2n) is 14.6. The zero-order valence-corrected chi connectivity index (χ0v) is 29.2. The van der Waals surface area contributed by atoms with Gasteiger partial charge < -0.3 is 13.9 Å². The second-order valence-corrected chi connectivity index (χ2v) is 22.6. The molecule has 4 nitrogen and oxygen atoms in total. The average Bonchev–Trinajstić information content (AvgIpc) is 3.56. The molecule has 0 aromatic carbocycles. The number of ether oxygens (including phenoxy) is 2. The van der Waals surface area contributed by atoms with Crippen LogP contribution in [0, 0.1) is 23.2 Å². The van der Waals surface area contributed by atoms with Gasteiger partial charge in [0.25, 0.3) is 0 Å². The van der Waals surface area contributed by atoms with Crippen molar-refractivity contribution in [2.45, 2.75) is 121 Å². The van der Waals surface area contributed by atoms with Crippen LogP contribution >= 0.6 is 23.5 Å². The highest BCUT2D eigenvalue weighted by atomic mass is 32.2. The lowest BCUT2D eigenvalue weighted by molar-refractivity contribution is -0.128. The number of carbonyl (C=O) groups excluding carboxylic acids is 1. The Kier molecular flexibility index (Phi) is 10.9. The molecule has 0 radical (unpaired) electrons. The number of hydrogen-bond acceptors (Lipinski definition) is 6. The minimum Gasteiger partial charge on any atom is -0.413 e. The quantitative estimate of drug-likeness (QED) is 0.0900. The summed E-state index contributed by atoms with van der Waals surface area (Å²) in [4.78, 5) is 14.3. The zero-order chi connectivity index (χ0) is 29.2. The number of allylic oxidation sites excluding steroid dienone is 3. The third-order valence-electron chi connectivity index (χ3n) is 10.6. The largest absolute Gasteiger partial charge is 0.413 e. The summed E-state index contributed by atoms with van der Waals surface area (Å²) in [7, 11) is -0.371. The SMILES string of the molecule is COCOC/C(C)=C/CCC1(CC[C@@H](O[Si](C)(C)C(C)(C)C)[C@@H]2CCC3=CCC[C@]4(C)[C@H](C2=O)[C@H]34)SCCCS1. The van der Waals surface area contributed by atoms with Crippen molar-refractivity contribution in [2.75, 3.05) is 32.0 Å². The first-order valence-corrected chi connectivity index (χ1v) is 20.6. The third-order valence-corrected chi connectivity index (χ3v) is 18.7. The van der Waals surface area contributed by atoms with E-state index >= 15 is 0 Å². The highest BCUT2D eigenvalue weighted by Gasteiger charge is 2.68. The van der Waals surface area contributed by atoms with E-state index in [1.54, 1.807) is 12.7 Å². The van der Waals surface area contributed by atoms with E-state index in [0.29, 0.717) is 25.1 Å². The summed E-state index contributed by atoms with van der Waals surface area (Å²) < 4.78 is 18.0. The summed E-state index contributed by atoms with van der Waals surface area (Å²) in [6, 6.07) is 0. The molecule has 0 spiro atoms. The Bertz CT molecular complexity index is 949. The zero-order valence-electron chi connectivity index (χ0n) is 26.6. The van der Waals surface area contributed by atoms with Gasteiger partial charge in [0.15, 0.2) is 8.32 Å². The molecule has 40 heavy (non-hydrogen) atoms. The van der Waals surface area contributed by atoms with Gasteiger partial charge in [-0.2, -0.15) is 0 Å². The number of thioether (sulfide) groups is 2. The van der Waals surface area contributed by atoms with Crippen LogP contribution in [0.2, 0.25) is 18.1 Å². The first-order chi connectivity index (χ1) is 18.8. The van der Waals surface area contributed by atoms with Crippen molar-refractivity contribution in [2.24, 2.45) is 23.2 Å². The Labute approximate surface area is 254 Å². The molecule has 4 aliphatic rings. The normalized spacial score (nSPS) is 31.3. The summed E-state index contributed by atoms with van der Waals surface area (Å²) >= 11 is 4.33. The van der Waals surface area contributed by atoms with E-state index in [1.165, 1.54) is 29.9 Å². The molecule has 7 heteroatoms. The summed E-state index contributed by atoms with van der Waals surface area (Å²) in [6.45, 7) is 17.3. The van der Waals surface area contributed by atoms with Gasteiger partial charge in [0.2, 0.25) is 0 Å². The molecule has 0 aromatic heterocycles. The van der Waals surface area contributed by atoms with Crippen LogP contribution < -0.4 is 0 Å². The Hall–Kier alpha value is -0.0531. The number of Topliss-reactive ketones (excluding diaryl/α,β-unsaturated/α-hetero) is 1. The summed E-state index contributed by atoms with van der Waals surface area (Å²) in [5.41, 5.74) is 3.08. The topological polar surface area (TPSA) is 44.8 Å². The molecule has 0 N–H and O–H groups in total. The van der Waals surface area contributed by atoms with Crippen molar-refractivity contribution in [1.82, 2.24) is 0 Å². The van der Waals surface area contributed by atoms with Crippen LogP contribution in [-0.2, 0) is 18.7 Å². The molecular weight excluding hydrogens is 553 g/mol. The molecule has 1 aliphatic heterocycles. The fraction of sp³-hybridized carbons (Fsp3) is 0.848. The van der Waals surface area contributed by atoms with E-state index < -0.39 is 8.32 Å². The monoisotopic (exact) mass is 608 g/mol. The summed E-state index contributed by atoms with van der Waals surface area (Å²) in [6.07, 6.45) is 14.9. The minimum absolute atomic E-state index is 0.0393. The van der Waals surface area contributed by atoms with Gasteiger partial charge in [-0.1, -0.05) is 51.0 Å². The fourth-order valence-corrected chi connectivity index (χ4v) is 12.0. The molecule has 0 unspecified atom stereocenters. The molecule has 0 bridgehead atoms. The van der Waals surface area contributed by atoms with E-state index in [-0.39, 0.29) is 32.5 Å². The highest BCUT2D eigenvalue weighted by molar-refractivity contribution is 8.18. The number of carbonyl (C=O) groups is 1. The van der Waals surface area contributed by atoms with Gasteiger partial charge in [0, 0.05) is 18.9 Å². The molecule has 1 heterocycles. The van der Waals surface area contributed by atoms with Crippen LogP contribution in [0.5, 0.6) is 0 Å². The van der Waals surface area contributed by atoms with E-state index in [1.807, 2.05) is 0 Å². The lowest BCUT2D eigenvalue weighted by Gasteiger charge is -2.43. The molecule has 1 saturated heterocycles. The molecular formula is C33H56O4S2Si. The van der Waals surface area contributed by atoms with Crippen molar-refractivity contribution in [3.63, 3.8) is 0 Å². The van der Waals surface area contributed by atoms with Crippen molar-refractivity contribution < 1.29 is 18.7 Å². The third kappa shape index (κ3) is 7.35. The van der Waals surface area contributed by atoms with Crippen LogP contribution in [0.25, 0.3) is 0 Å². The van der Waals surface area contributed by atoms with Crippen molar-refractivity contribution >= 4 is 37.6 Å². The second kappa shape index (κ2) is 13.3. The van der Waals surface area contributed by atoms with E-state index in [9.17, 15) is 4.79 Å². The van der Waals surface area contributed by atoms with Crippen LogP contribution in [-0.4, -0.2) is 56.3 Å². The van der Waals surface area contributed by atoms with E-state index in [2.05, 4.69) is 83.4 Å². The smallest absolute Gasteiger partial charge is 0.192 e. The maximum Gasteiger partial charge on any atom is 0.192 e. The number of ketones is 1. The van der Waals surface area contributed by atoms with Gasteiger partial charge >= 0.3 is 0 Å². The van der Waals surface area contributed by atoms with Gasteiger partial charge in [-0.25, -0.2) is 0 Å². The molecule has 0 amide bonds. The fourth-order valence-electron chi connectivity index (χ4n) is 7.19. The predicted molar refractivity (Wildman–Crippen MR) is 175 cm³/mol. The van der Waals surface area contributed by atoms with Gasteiger partial charge in [-0.15, -0.1) is 23.5 Å². The molecule has 0 aromatic rings. The molecule has 4 rings (SSSR count). The summed E-state index contributed by atoms with van der Waals surface area (Å²) in [5.74, 6) is 3.81. The highest BCUT2D eigenvalue weighted by Crippen LogP contribution is 2.69. The van der Waals surface area contributed by atoms with Gasteiger partial charge in [-0.3, -0.25) is 4.79 Å². The molecule has 3 fully saturated rings. The Morgan fingerprint density at radius 2 is 1.93 bits per heavy atom. The van der Waals surface area contributed by atoms with Crippen molar-refractivity contribution in [3.8, 4) is 0 Å². The standard InChI is InChI=1S/C33H56O4S2Si/c1-24(22-36-23-35-6)12-9-18-33(38-20-11-21-39-33)19-16-27(37-40(7,8)31(2,3)4)26-15-14-25-13-10-17-32(5)28(25)29(32)30(26)34/h12-13,26-29H,9-11,14-23H2,1-8H3/b24-12+/t26-,27+,28-,29-,32-/m0/s1. The predicted octanol–water partition coefficient (Wildman–Crippen LogP) is 9.02. The van der Waals surface area contributed by atoms with Crippen molar-refractivity contribution in [1.29, 1.82) is 0 Å². The number of fused-ring (bicyclic) bond motifs is 1. The maximum absolute atomic E-state index is 14.3. The lowest BCUT2D eigenvalue weighted by atomic mass is 9.81. The van der Waals surface area contributed by atoms with Gasteiger partial charge in [-0.05, 0) is 106 Å². The Balaban J connectivity index is 1.51. The van der Waals surface area contributed by atoms with Crippen LogP contribution in [0.3, 0.4) is 0 Å². The number of hydrogen-bond donors (Lipinski definition) is 0. The number of rotatable bonds is 13. The van der Waals surface area contributed by atoms with Crippen LogP contribution in [0.15, 0.2) is 23.3 Å². The average molecular weight is 609 g/mol. The maximum atomic E-state index is 14.3. The van der Waals surface area contributed by atoms with Crippen LogP contribution in [0.4, 0.5) is 0 Å². The minimum atomic E-state index is -2.03. The lowest BCUT2D eigenvalue weighted by Crippen LogP contribution is -2.47. The molecule has 228 valence electrons. The Morgan fingerprint density at radius 1 is 1.20 bits per heavy atom. The number of methoxy groups -OCH3 is 1. The van der Waals surface area contributed by atoms with E-state index in [0.717, 1.165) is 44.9 Å². The molecule has 3 aliphatic carbocycles. The summed E-state index contributed by atoms with van der Waals surface area (Å²) in [5, 5.41) is 0.130. The van der Waals surface area contributed by atoms with Gasteiger partial charge in [0.05, 0.1) is 16.8 Å².